The fourth-order valence-electron chi connectivity index (χ4n) is 10.00. The van der Waals surface area contributed by atoms with E-state index in [0.29, 0.717) is 69.6 Å². The molecule has 3 atom stereocenters. The minimum absolute atomic E-state index is 0.00538. The van der Waals surface area contributed by atoms with Gasteiger partial charge in [-0.3, -0.25) is 14.8 Å². The first-order chi connectivity index (χ1) is 27.6. The van der Waals surface area contributed by atoms with E-state index in [9.17, 15) is 9.90 Å². The summed E-state index contributed by atoms with van der Waals surface area (Å²) in [5.41, 5.74) is 4.78. The van der Waals surface area contributed by atoms with Crippen LogP contribution in [0.4, 0.5) is 19.4 Å². The summed E-state index contributed by atoms with van der Waals surface area (Å²) < 4.78 is 51.3. The minimum atomic E-state index is -2.30. The van der Waals surface area contributed by atoms with Crippen LogP contribution in [0.2, 0.25) is 16.6 Å². The first kappa shape index (κ1) is 41.6. The number of nitrogens with zero attached hydrogens (tertiary/aromatic N) is 6. The predicted octanol–water partition coefficient (Wildman–Crippen LogP) is 8.87. The molecule has 3 fully saturated rings. The third kappa shape index (κ3) is 7.34. The Labute approximate surface area is 341 Å². The summed E-state index contributed by atoms with van der Waals surface area (Å²) in [7, 11) is 1.27. The number of likely N-dealkylation sites (tertiary alicyclic amines) is 1. The molecule has 0 aliphatic carbocycles. The average molecular weight is 815 g/mol. The third-order valence-corrected chi connectivity index (χ3v) is 19.5. The normalized spacial score (nSPS) is 21.1. The number of piperazine rings is 1. The number of pyridine rings is 1. The number of carbonyl (C=O) groups is 1. The molecule has 14 heteroatoms. The molecule has 3 aliphatic rings. The second-order valence-corrected chi connectivity index (χ2v) is 23.1. The van der Waals surface area contributed by atoms with Gasteiger partial charge in [0.1, 0.15) is 43.3 Å². The van der Waals surface area contributed by atoms with Gasteiger partial charge in [-0.25, -0.2) is 13.6 Å². The van der Waals surface area contributed by atoms with Gasteiger partial charge in [-0.05, 0) is 86.4 Å². The number of rotatable bonds is 11. The number of fused-ring (bicyclic) bond motifs is 4. The van der Waals surface area contributed by atoms with Crippen LogP contribution in [0, 0.1) is 23.1 Å². The zero-order valence-corrected chi connectivity index (χ0v) is 36.2. The number of likely N-dealkylation sites (N-methyl/N-ethyl adjacent to an activating group) is 1. The van der Waals surface area contributed by atoms with Gasteiger partial charge in [0.15, 0.2) is 12.6 Å². The van der Waals surface area contributed by atoms with Gasteiger partial charge in [0, 0.05) is 37.3 Å². The van der Waals surface area contributed by atoms with Crippen LogP contribution in [0.1, 0.15) is 79.7 Å². The molecule has 4 aromatic rings. The molecule has 7 rings (SSSR count). The van der Waals surface area contributed by atoms with Crippen LogP contribution in [-0.2, 0) is 4.74 Å². The Morgan fingerprint density at radius 2 is 1.72 bits per heavy atom. The number of methoxy groups -OCH3 is 1. The Morgan fingerprint density at radius 1 is 1.03 bits per heavy atom. The first-order valence-electron chi connectivity index (χ1n) is 20.5. The van der Waals surface area contributed by atoms with Gasteiger partial charge in [0.25, 0.3) is 0 Å². The fourth-order valence-corrected chi connectivity index (χ4v) is 15.2. The van der Waals surface area contributed by atoms with Crippen LogP contribution in [0.5, 0.6) is 11.8 Å². The summed E-state index contributed by atoms with van der Waals surface area (Å²) in [6.45, 7) is 17.3. The van der Waals surface area contributed by atoms with Crippen molar-refractivity contribution >= 4 is 41.7 Å². The molecule has 0 saturated carbocycles. The highest BCUT2D eigenvalue weighted by Crippen LogP contribution is 2.43. The zero-order valence-electron chi connectivity index (χ0n) is 35.2. The van der Waals surface area contributed by atoms with E-state index in [1.807, 2.05) is 4.90 Å². The van der Waals surface area contributed by atoms with E-state index in [1.54, 1.807) is 24.4 Å². The van der Waals surface area contributed by atoms with Crippen molar-refractivity contribution in [3.05, 3.63) is 47.7 Å². The van der Waals surface area contributed by atoms with Gasteiger partial charge in [-0.1, -0.05) is 53.5 Å². The van der Waals surface area contributed by atoms with E-state index >= 15 is 8.78 Å². The highest BCUT2D eigenvalue weighted by atomic mass is 28.3. The van der Waals surface area contributed by atoms with E-state index in [1.165, 1.54) is 18.1 Å². The summed E-state index contributed by atoms with van der Waals surface area (Å²) in [6, 6.07) is 6.03. The van der Waals surface area contributed by atoms with Gasteiger partial charge in [-0.2, -0.15) is 9.97 Å². The van der Waals surface area contributed by atoms with Gasteiger partial charge >= 0.3 is 12.1 Å². The molecule has 1 N–H and O–H groups in total. The number of anilines is 1. The highest BCUT2D eigenvalue weighted by molar-refractivity contribution is 6.90. The van der Waals surface area contributed by atoms with E-state index in [2.05, 4.69) is 71.9 Å². The maximum atomic E-state index is 17.6. The molecule has 58 heavy (non-hydrogen) atoms. The van der Waals surface area contributed by atoms with Crippen molar-refractivity contribution in [3.63, 3.8) is 0 Å². The van der Waals surface area contributed by atoms with Crippen molar-refractivity contribution in [1.82, 2.24) is 24.8 Å². The number of ether oxygens (including phenoxy) is 3. The minimum Gasteiger partial charge on any atom is -0.468 e. The molecule has 3 saturated heterocycles. The molecule has 2 bridgehead atoms. The van der Waals surface area contributed by atoms with Crippen LogP contribution < -0.4 is 14.4 Å². The molecule has 1 amide bonds. The predicted molar refractivity (Wildman–Crippen MR) is 225 cm³/mol. The van der Waals surface area contributed by atoms with E-state index in [4.69, 9.17) is 29.2 Å². The number of hydrogen-bond donors (Lipinski definition) is 1. The number of halogens is 2. The second kappa shape index (κ2) is 16.2. The van der Waals surface area contributed by atoms with Crippen LogP contribution in [0.25, 0.3) is 32.9 Å². The summed E-state index contributed by atoms with van der Waals surface area (Å²) in [6.07, 6.45) is 4.03. The fraction of sp³-hybridized carbons (Fsp3) is 0.545. The Balaban J connectivity index is 1.43. The molecular formula is C44H56F2N6O5Si. The van der Waals surface area contributed by atoms with Gasteiger partial charge in [0.05, 0.1) is 28.6 Å². The van der Waals surface area contributed by atoms with Crippen LogP contribution >= 0.6 is 0 Å². The second-order valence-electron chi connectivity index (χ2n) is 17.5. The Bertz CT molecular complexity index is 2240. The molecule has 5 heterocycles. The van der Waals surface area contributed by atoms with E-state index in [-0.39, 0.29) is 47.2 Å². The number of aromatic nitrogens is 3. The zero-order chi connectivity index (χ0) is 41.7. The lowest BCUT2D eigenvalue weighted by molar-refractivity contribution is 0.0512. The quantitative estimate of drug-likeness (QED) is 0.0896. The van der Waals surface area contributed by atoms with Gasteiger partial charge < -0.3 is 24.2 Å². The average Bonchev–Trinajstić information content (AvgIpc) is 3.66. The Kier molecular flexibility index (Phi) is 11.6. The van der Waals surface area contributed by atoms with Crippen molar-refractivity contribution in [1.29, 1.82) is 0 Å². The summed E-state index contributed by atoms with van der Waals surface area (Å²) >= 11 is 0. The van der Waals surface area contributed by atoms with E-state index < -0.39 is 25.8 Å². The van der Waals surface area contributed by atoms with Crippen molar-refractivity contribution in [2.45, 2.75) is 108 Å². The monoisotopic (exact) mass is 814 g/mol. The number of carboxylic acid groups (broad SMARTS) is 1. The summed E-state index contributed by atoms with van der Waals surface area (Å²) in [4.78, 5) is 32.3. The molecule has 2 aromatic carbocycles. The Morgan fingerprint density at radius 3 is 2.33 bits per heavy atom. The lowest BCUT2D eigenvalue weighted by Crippen LogP contribution is -2.55. The number of hydrogen-bond acceptors (Lipinski definition) is 9. The SMILES string of the molecule is COCOc1cc(-c2ncc3c(N4C[C@H]5CC[C@@H](C4)N5C(=O)O)nc(OC[C@]4(C)CCCN4C)nc3c2F)c2c(C#C[Si](C(C)C)(C(C)C)C(C)C)c(F)ccc2c1. The molecule has 11 nitrogen and oxygen atoms in total. The third-order valence-electron chi connectivity index (χ3n) is 13.2. The first-order valence-corrected chi connectivity index (χ1v) is 22.7. The van der Waals surface area contributed by atoms with Crippen molar-refractivity contribution in [2.24, 2.45) is 0 Å². The molecule has 310 valence electrons. The molecule has 0 unspecified atom stereocenters. The smallest absolute Gasteiger partial charge is 0.407 e. The topological polar surface area (TPSA) is 113 Å². The van der Waals surface area contributed by atoms with Crippen LogP contribution in [0.15, 0.2) is 30.5 Å². The molecular weight excluding hydrogens is 759 g/mol. The van der Waals surface area contributed by atoms with Crippen LogP contribution in [-0.4, -0.2) is 109 Å². The van der Waals surface area contributed by atoms with Gasteiger partial charge in [0.2, 0.25) is 0 Å². The van der Waals surface area contributed by atoms with E-state index in [0.717, 1.165) is 32.2 Å². The highest BCUT2D eigenvalue weighted by Gasteiger charge is 2.44. The number of amides is 1. The molecule has 0 spiro atoms. The van der Waals surface area contributed by atoms with Gasteiger partial charge in [-0.15, -0.1) is 5.54 Å². The van der Waals surface area contributed by atoms with Crippen molar-refractivity contribution in [2.75, 3.05) is 52.1 Å². The molecule has 3 aliphatic heterocycles. The van der Waals surface area contributed by atoms with Crippen molar-refractivity contribution < 1.29 is 32.9 Å². The maximum absolute atomic E-state index is 17.6. The maximum Gasteiger partial charge on any atom is 0.407 e. The summed E-state index contributed by atoms with van der Waals surface area (Å²) in [5, 5.41) is 11.4. The molecule has 2 aromatic heterocycles. The van der Waals surface area contributed by atoms with Crippen LogP contribution in [0.3, 0.4) is 0 Å². The standard InChI is InChI=1S/C44H56F2N6O5Si/c1-26(2)58(27(3)4,28(5)6)18-15-33-36(45)14-11-29-19-32(57-25-55-9)20-34(37(29)33)39-38(46)40-35(21-47-39)41(51-22-30-12-13-31(23-51)52(30)43(53)54)49-42(48-40)56-24-44(7)16-10-17-50(44)8/h11,14,19-21,26-28,30-31H,10,12-13,16-17,22-25H2,1-9H3,(H,53,54)/t30-,31+,44-/m0/s1. The summed E-state index contributed by atoms with van der Waals surface area (Å²) in [5.74, 6) is 2.91. The lowest BCUT2D eigenvalue weighted by atomic mass is 9.95. The lowest BCUT2D eigenvalue weighted by Gasteiger charge is -2.40. The molecule has 0 radical (unpaired) electrons. The largest absolute Gasteiger partial charge is 0.468 e. The Hall–Kier alpha value is -4.58. The number of benzene rings is 2. The van der Waals surface area contributed by atoms with Crippen molar-refractivity contribution in [3.8, 4) is 34.5 Å².